The van der Waals surface area contributed by atoms with Crippen molar-refractivity contribution >= 4 is 20.9 Å². The van der Waals surface area contributed by atoms with Crippen molar-refractivity contribution in [3.63, 3.8) is 0 Å². The summed E-state index contributed by atoms with van der Waals surface area (Å²) in [6.07, 6.45) is 1.07. The van der Waals surface area contributed by atoms with Gasteiger partial charge >= 0.3 is 0 Å². The summed E-state index contributed by atoms with van der Waals surface area (Å²) in [6.45, 7) is 0. The molecule has 6 heteroatoms. The first kappa shape index (κ1) is 10.8. The van der Waals surface area contributed by atoms with E-state index in [1.54, 1.807) is 24.3 Å². The molecule has 0 radical (unpaired) electrons. The van der Waals surface area contributed by atoms with Crippen molar-refractivity contribution in [2.24, 2.45) is 0 Å². The van der Waals surface area contributed by atoms with E-state index in [1.165, 1.54) is 0 Å². The lowest BCUT2D eigenvalue weighted by molar-refractivity contribution is 0.600. The summed E-state index contributed by atoms with van der Waals surface area (Å²) < 4.78 is 22.2. The van der Waals surface area contributed by atoms with E-state index in [1.807, 2.05) is 0 Å². The van der Waals surface area contributed by atoms with Gasteiger partial charge in [-0.1, -0.05) is 12.1 Å². The molecule has 1 aromatic carbocycles. The smallest absolute Gasteiger partial charge is 0.271 e. The van der Waals surface area contributed by atoms with Gasteiger partial charge in [-0.2, -0.15) is 0 Å². The Hall–Kier alpha value is -1.69. The monoisotopic (exact) mass is 238 g/mol. The second kappa shape index (κ2) is 3.71. The van der Waals surface area contributed by atoms with Crippen molar-refractivity contribution in [2.75, 3.05) is 6.26 Å². The zero-order valence-corrected chi connectivity index (χ0v) is 9.41. The molecule has 0 atom stereocenters. The van der Waals surface area contributed by atoms with Crippen LogP contribution in [0.5, 0.6) is 0 Å². The Morgan fingerprint density at radius 1 is 1.31 bits per heavy atom. The number of aromatic nitrogens is 2. The number of H-pyrrole nitrogens is 1. The number of nitrogens with one attached hydrogen (secondary N) is 1. The van der Waals surface area contributed by atoms with Crippen LogP contribution in [0, 0.1) is 0 Å². The minimum Gasteiger partial charge on any atom is -0.319 e. The molecule has 1 heterocycles. The Morgan fingerprint density at radius 2 is 2.00 bits per heavy atom. The van der Waals surface area contributed by atoms with E-state index < -0.39 is 15.4 Å². The first-order valence-corrected chi connectivity index (χ1v) is 6.67. The summed E-state index contributed by atoms with van der Waals surface area (Å²) in [5.74, 6) is -0.340. The quantitative estimate of drug-likeness (QED) is 0.824. The SMILES string of the molecule is CS(=O)(=O)Cc1nc2ccccc2[nH]c1=O. The maximum atomic E-state index is 11.5. The third kappa shape index (κ3) is 2.27. The highest BCUT2D eigenvalue weighted by Crippen LogP contribution is 2.07. The van der Waals surface area contributed by atoms with Gasteiger partial charge in [0, 0.05) is 6.26 Å². The number of benzene rings is 1. The number of nitrogens with zero attached hydrogens (tertiary/aromatic N) is 1. The van der Waals surface area contributed by atoms with E-state index in [0.29, 0.717) is 11.0 Å². The molecule has 0 aliphatic heterocycles. The van der Waals surface area contributed by atoms with Crippen LogP contribution in [0.3, 0.4) is 0 Å². The van der Waals surface area contributed by atoms with Crippen LogP contribution in [0.15, 0.2) is 29.1 Å². The average molecular weight is 238 g/mol. The summed E-state index contributed by atoms with van der Waals surface area (Å²) >= 11 is 0. The zero-order chi connectivity index (χ0) is 11.8. The van der Waals surface area contributed by atoms with Crippen LogP contribution in [0.1, 0.15) is 5.69 Å². The van der Waals surface area contributed by atoms with Gasteiger partial charge in [0.05, 0.1) is 16.8 Å². The number of sulfone groups is 1. The van der Waals surface area contributed by atoms with Gasteiger partial charge in [-0.25, -0.2) is 13.4 Å². The van der Waals surface area contributed by atoms with E-state index >= 15 is 0 Å². The van der Waals surface area contributed by atoms with Gasteiger partial charge in [0.2, 0.25) is 0 Å². The lowest BCUT2D eigenvalue weighted by Gasteiger charge is -2.00. The van der Waals surface area contributed by atoms with Gasteiger partial charge < -0.3 is 4.98 Å². The molecule has 1 aromatic heterocycles. The number of para-hydroxylation sites is 2. The van der Waals surface area contributed by atoms with Crippen LogP contribution in [-0.2, 0) is 15.6 Å². The van der Waals surface area contributed by atoms with Crippen molar-refractivity contribution < 1.29 is 8.42 Å². The first-order chi connectivity index (χ1) is 7.46. The van der Waals surface area contributed by atoms with Crippen molar-refractivity contribution in [3.05, 3.63) is 40.3 Å². The normalized spacial score (nSPS) is 11.8. The van der Waals surface area contributed by atoms with Crippen LogP contribution >= 0.6 is 0 Å². The molecule has 1 N–H and O–H groups in total. The molecule has 0 fully saturated rings. The van der Waals surface area contributed by atoms with Crippen molar-refractivity contribution in [1.29, 1.82) is 0 Å². The van der Waals surface area contributed by atoms with Crippen LogP contribution in [0.2, 0.25) is 0 Å². The van der Waals surface area contributed by atoms with E-state index in [4.69, 9.17) is 0 Å². The molecule has 0 aliphatic carbocycles. The molecule has 2 aromatic rings. The fraction of sp³-hybridized carbons (Fsp3) is 0.200. The van der Waals surface area contributed by atoms with Gasteiger partial charge in [-0.15, -0.1) is 0 Å². The molecule has 0 saturated carbocycles. The van der Waals surface area contributed by atoms with Crippen LogP contribution in [-0.4, -0.2) is 24.6 Å². The fourth-order valence-electron chi connectivity index (χ4n) is 1.41. The second-order valence-corrected chi connectivity index (χ2v) is 5.74. The van der Waals surface area contributed by atoms with Gasteiger partial charge in [0.1, 0.15) is 5.69 Å². The summed E-state index contributed by atoms with van der Waals surface area (Å²) in [4.78, 5) is 18.2. The van der Waals surface area contributed by atoms with Crippen molar-refractivity contribution in [2.45, 2.75) is 5.75 Å². The van der Waals surface area contributed by atoms with Gasteiger partial charge in [0.15, 0.2) is 9.84 Å². The van der Waals surface area contributed by atoms with E-state index in [-0.39, 0.29) is 11.4 Å². The minimum absolute atomic E-state index is 0.0289. The Kier molecular flexibility index (Phi) is 2.51. The molecule has 84 valence electrons. The largest absolute Gasteiger partial charge is 0.319 e. The molecule has 0 bridgehead atoms. The first-order valence-electron chi connectivity index (χ1n) is 4.61. The highest BCUT2D eigenvalue weighted by molar-refractivity contribution is 7.89. The summed E-state index contributed by atoms with van der Waals surface area (Å²) in [7, 11) is -3.25. The lowest BCUT2D eigenvalue weighted by Crippen LogP contribution is -2.18. The molecule has 5 nitrogen and oxygen atoms in total. The maximum absolute atomic E-state index is 11.5. The van der Waals surface area contributed by atoms with Gasteiger partial charge in [0.25, 0.3) is 5.56 Å². The van der Waals surface area contributed by atoms with Crippen molar-refractivity contribution in [3.8, 4) is 0 Å². The lowest BCUT2D eigenvalue weighted by atomic mass is 10.3. The number of hydrogen-bond donors (Lipinski definition) is 1. The maximum Gasteiger partial charge on any atom is 0.271 e. The Bertz CT molecular complexity index is 689. The van der Waals surface area contributed by atoms with Gasteiger partial charge in [-0.05, 0) is 12.1 Å². The van der Waals surface area contributed by atoms with E-state index in [2.05, 4.69) is 9.97 Å². The standard InChI is InChI=1S/C10H10N2O3S/c1-16(14,15)6-9-10(13)12-8-5-3-2-4-7(8)11-9/h2-5H,6H2,1H3,(H,12,13). The molecule has 0 unspecified atom stereocenters. The molecule has 0 amide bonds. The van der Waals surface area contributed by atoms with Crippen LogP contribution < -0.4 is 5.56 Å². The van der Waals surface area contributed by atoms with Crippen molar-refractivity contribution in [1.82, 2.24) is 9.97 Å². The molecule has 16 heavy (non-hydrogen) atoms. The molecule has 0 saturated heterocycles. The Labute approximate surface area is 92.1 Å². The zero-order valence-electron chi connectivity index (χ0n) is 8.60. The topological polar surface area (TPSA) is 79.9 Å². The highest BCUT2D eigenvalue weighted by Gasteiger charge is 2.10. The van der Waals surface area contributed by atoms with Gasteiger partial charge in [-0.3, -0.25) is 4.79 Å². The molecule has 0 spiro atoms. The van der Waals surface area contributed by atoms with Crippen LogP contribution in [0.4, 0.5) is 0 Å². The summed E-state index contributed by atoms with van der Waals surface area (Å²) in [5, 5.41) is 0. The van der Waals surface area contributed by atoms with E-state index in [9.17, 15) is 13.2 Å². The summed E-state index contributed by atoms with van der Waals surface area (Å²) in [6, 6.07) is 6.99. The average Bonchev–Trinajstić information content (AvgIpc) is 2.17. The molecular weight excluding hydrogens is 228 g/mol. The summed E-state index contributed by atoms with van der Waals surface area (Å²) in [5.41, 5.74) is 0.760. The van der Waals surface area contributed by atoms with E-state index in [0.717, 1.165) is 6.26 Å². The highest BCUT2D eigenvalue weighted by atomic mass is 32.2. The molecular formula is C10H10N2O3S. The predicted octanol–water partition coefficient (Wildman–Crippen LogP) is 0.468. The minimum atomic E-state index is -3.25. The number of aromatic amines is 1. The fourth-order valence-corrected chi connectivity index (χ4v) is 2.11. The molecule has 0 aliphatic rings. The third-order valence-electron chi connectivity index (χ3n) is 2.07. The Morgan fingerprint density at radius 3 is 2.69 bits per heavy atom. The molecule has 2 rings (SSSR count). The number of hydrogen-bond acceptors (Lipinski definition) is 4. The number of fused-ring (bicyclic) bond motifs is 1. The van der Waals surface area contributed by atoms with Crippen LogP contribution in [0.25, 0.3) is 11.0 Å². The Balaban J connectivity index is 2.63. The number of rotatable bonds is 2. The second-order valence-electron chi connectivity index (χ2n) is 3.60. The predicted molar refractivity (Wildman–Crippen MR) is 60.9 cm³/mol. The third-order valence-corrected chi connectivity index (χ3v) is 2.87.